The molecule has 4 bridgehead atoms. The van der Waals surface area contributed by atoms with Crippen LogP contribution in [0.3, 0.4) is 0 Å². The molecule has 4 aliphatic carbocycles. The van der Waals surface area contributed by atoms with Crippen molar-refractivity contribution in [3.8, 4) is 5.69 Å². The molecule has 1 N–H and O–H groups in total. The normalized spacial score (nSPS) is 34.9. The Labute approximate surface area is 136 Å². The van der Waals surface area contributed by atoms with Gasteiger partial charge in [0.25, 0.3) is 5.56 Å². The quantitative estimate of drug-likeness (QED) is 0.896. The molecule has 3 heteroatoms. The lowest BCUT2D eigenvalue weighted by atomic mass is 9.48. The predicted molar refractivity (Wildman–Crippen MR) is 91.0 cm³/mol. The number of aromatic amines is 1. The molecule has 120 valence electrons. The topological polar surface area (TPSA) is 37.8 Å². The van der Waals surface area contributed by atoms with Gasteiger partial charge >= 0.3 is 0 Å². The molecule has 0 aliphatic heterocycles. The highest BCUT2D eigenvalue weighted by molar-refractivity contribution is 5.38. The highest BCUT2D eigenvalue weighted by Gasteiger charge is 2.53. The Morgan fingerprint density at radius 2 is 1.57 bits per heavy atom. The SMILES string of the molecule is Cc1c(C23CC4CC(CC(C4)C2)C3)c(=O)[nH]n1-c1ccccc1. The van der Waals surface area contributed by atoms with Crippen molar-refractivity contribution in [3.63, 3.8) is 0 Å². The number of nitrogens with one attached hydrogen (secondary N) is 1. The summed E-state index contributed by atoms with van der Waals surface area (Å²) >= 11 is 0. The fourth-order valence-corrected chi connectivity index (χ4v) is 6.39. The molecular formula is C20H24N2O. The van der Waals surface area contributed by atoms with Crippen LogP contribution in [0.15, 0.2) is 35.1 Å². The standard InChI is InChI=1S/C20H24N2O/c1-13-18(19(23)21-22(13)17-5-3-2-4-6-17)20-10-14-7-15(11-20)9-16(8-14)12-20/h2-6,14-16H,7-12H2,1H3,(H,21,23). The summed E-state index contributed by atoms with van der Waals surface area (Å²) < 4.78 is 2.00. The van der Waals surface area contributed by atoms with Crippen molar-refractivity contribution in [2.45, 2.75) is 50.9 Å². The van der Waals surface area contributed by atoms with Crippen LogP contribution in [0.1, 0.15) is 49.8 Å². The molecule has 2 aromatic rings. The van der Waals surface area contributed by atoms with E-state index in [1.807, 2.05) is 22.9 Å². The van der Waals surface area contributed by atoms with Gasteiger partial charge in [0.1, 0.15) is 0 Å². The van der Waals surface area contributed by atoms with E-state index in [1.54, 1.807) is 0 Å². The molecule has 0 unspecified atom stereocenters. The van der Waals surface area contributed by atoms with Crippen LogP contribution in [0.25, 0.3) is 5.69 Å². The molecule has 4 fully saturated rings. The van der Waals surface area contributed by atoms with E-state index in [1.165, 1.54) is 38.5 Å². The summed E-state index contributed by atoms with van der Waals surface area (Å²) in [7, 11) is 0. The highest BCUT2D eigenvalue weighted by Crippen LogP contribution is 2.60. The summed E-state index contributed by atoms with van der Waals surface area (Å²) in [6, 6.07) is 10.2. The van der Waals surface area contributed by atoms with Gasteiger partial charge in [0, 0.05) is 16.7 Å². The van der Waals surface area contributed by atoms with Crippen LogP contribution in [0.5, 0.6) is 0 Å². The van der Waals surface area contributed by atoms with Gasteiger partial charge in [-0.25, -0.2) is 0 Å². The molecule has 0 radical (unpaired) electrons. The Bertz CT molecular complexity index is 764. The number of aromatic nitrogens is 2. The van der Waals surface area contributed by atoms with Crippen molar-refractivity contribution in [1.82, 2.24) is 9.78 Å². The molecule has 1 aromatic carbocycles. The van der Waals surface area contributed by atoms with E-state index in [2.05, 4.69) is 24.2 Å². The molecule has 23 heavy (non-hydrogen) atoms. The van der Waals surface area contributed by atoms with Gasteiger partial charge in [-0.2, -0.15) is 0 Å². The summed E-state index contributed by atoms with van der Waals surface area (Å²) in [6.07, 6.45) is 7.95. The first kappa shape index (κ1) is 13.6. The lowest BCUT2D eigenvalue weighted by Gasteiger charge is -2.56. The van der Waals surface area contributed by atoms with Gasteiger partial charge in [-0.1, -0.05) is 18.2 Å². The van der Waals surface area contributed by atoms with Crippen molar-refractivity contribution >= 4 is 0 Å². The molecule has 4 saturated carbocycles. The van der Waals surface area contributed by atoms with Crippen molar-refractivity contribution < 1.29 is 0 Å². The molecule has 3 nitrogen and oxygen atoms in total. The van der Waals surface area contributed by atoms with Crippen molar-refractivity contribution in [3.05, 3.63) is 51.9 Å². The lowest BCUT2D eigenvalue weighted by Crippen LogP contribution is -2.50. The minimum absolute atomic E-state index is 0.147. The maximum Gasteiger partial charge on any atom is 0.268 e. The maximum absolute atomic E-state index is 12.9. The number of benzene rings is 1. The summed E-state index contributed by atoms with van der Waals surface area (Å²) in [5.74, 6) is 2.58. The Morgan fingerprint density at radius 3 is 2.13 bits per heavy atom. The molecule has 4 aliphatic rings. The fraction of sp³-hybridized carbons (Fsp3) is 0.550. The average molecular weight is 308 g/mol. The predicted octanol–water partition coefficient (Wildman–Crippen LogP) is 3.94. The Kier molecular flexibility index (Phi) is 2.74. The molecular weight excluding hydrogens is 284 g/mol. The smallest absolute Gasteiger partial charge is 0.268 e. The van der Waals surface area contributed by atoms with Gasteiger partial charge in [0.05, 0.1) is 5.69 Å². The molecule has 0 amide bonds. The van der Waals surface area contributed by atoms with Gasteiger partial charge < -0.3 is 0 Å². The van der Waals surface area contributed by atoms with E-state index in [0.29, 0.717) is 0 Å². The van der Waals surface area contributed by atoms with E-state index in [-0.39, 0.29) is 11.0 Å². The van der Waals surface area contributed by atoms with Gasteiger partial charge in [-0.15, -0.1) is 0 Å². The second kappa shape index (κ2) is 4.62. The van der Waals surface area contributed by atoms with Crippen LogP contribution in [0, 0.1) is 24.7 Å². The van der Waals surface area contributed by atoms with Gasteiger partial charge in [-0.3, -0.25) is 14.6 Å². The zero-order chi connectivity index (χ0) is 15.6. The van der Waals surface area contributed by atoms with Crippen molar-refractivity contribution in [2.24, 2.45) is 17.8 Å². The molecule has 0 atom stereocenters. The molecule has 0 saturated heterocycles. The van der Waals surface area contributed by atoms with Crippen LogP contribution >= 0.6 is 0 Å². The first-order valence-corrected chi connectivity index (χ1v) is 9.02. The third kappa shape index (κ3) is 1.92. The molecule has 1 heterocycles. The van der Waals surface area contributed by atoms with Crippen molar-refractivity contribution in [2.75, 3.05) is 0 Å². The minimum atomic E-state index is 0.147. The van der Waals surface area contributed by atoms with E-state index in [9.17, 15) is 4.79 Å². The molecule has 6 rings (SSSR count). The number of hydrogen-bond acceptors (Lipinski definition) is 1. The highest BCUT2D eigenvalue weighted by atomic mass is 16.1. The Morgan fingerprint density at radius 1 is 1.00 bits per heavy atom. The van der Waals surface area contributed by atoms with Gasteiger partial charge in [0.15, 0.2) is 0 Å². The Hall–Kier alpha value is -1.77. The van der Waals surface area contributed by atoms with Crippen molar-refractivity contribution in [1.29, 1.82) is 0 Å². The monoisotopic (exact) mass is 308 g/mol. The summed E-state index contributed by atoms with van der Waals surface area (Å²) in [4.78, 5) is 12.9. The van der Waals surface area contributed by atoms with Gasteiger partial charge in [-0.05, 0) is 75.3 Å². The third-order valence-electron chi connectivity index (χ3n) is 6.72. The number of H-pyrrole nitrogens is 1. The minimum Gasteiger partial charge on any atom is -0.268 e. The van der Waals surface area contributed by atoms with E-state index < -0.39 is 0 Å². The van der Waals surface area contributed by atoms with E-state index >= 15 is 0 Å². The van der Waals surface area contributed by atoms with Crippen LogP contribution < -0.4 is 5.56 Å². The zero-order valence-electron chi connectivity index (χ0n) is 13.7. The number of nitrogens with zero attached hydrogens (tertiary/aromatic N) is 1. The van der Waals surface area contributed by atoms with Crippen LogP contribution in [-0.4, -0.2) is 9.78 Å². The van der Waals surface area contributed by atoms with Gasteiger partial charge in [0.2, 0.25) is 0 Å². The molecule has 0 spiro atoms. The van der Waals surface area contributed by atoms with Crippen LogP contribution in [0.4, 0.5) is 0 Å². The van der Waals surface area contributed by atoms with Crippen LogP contribution in [-0.2, 0) is 5.41 Å². The summed E-state index contributed by atoms with van der Waals surface area (Å²) in [5, 5.41) is 3.12. The second-order valence-electron chi connectivity index (χ2n) is 8.27. The first-order chi connectivity index (χ1) is 11.1. The maximum atomic E-state index is 12.9. The summed E-state index contributed by atoms with van der Waals surface area (Å²) in [6.45, 7) is 2.12. The third-order valence-corrected chi connectivity index (χ3v) is 6.72. The molecule has 1 aromatic heterocycles. The fourth-order valence-electron chi connectivity index (χ4n) is 6.39. The zero-order valence-corrected chi connectivity index (χ0v) is 13.7. The second-order valence-corrected chi connectivity index (χ2v) is 8.27. The number of rotatable bonds is 2. The van der Waals surface area contributed by atoms with Crippen LogP contribution in [0.2, 0.25) is 0 Å². The summed E-state index contributed by atoms with van der Waals surface area (Å²) in [5.41, 5.74) is 3.59. The Balaban J connectivity index is 1.64. The first-order valence-electron chi connectivity index (χ1n) is 9.02. The lowest BCUT2D eigenvalue weighted by molar-refractivity contribution is -0.00593. The van der Waals surface area contributed by atoms with E-state index in [0.717, 1.165) is 34.7 Å². The number of para-hydroxylation sites is 1. The largest absolute Gasteiger partial charge is 0.268 e. The van der Waals surface area contributed by atoms with E-state index in [4.69, 9.17) is 0 Å². The number of hydrogen-bond donors (Lipinski definition) is 1. The average Bonchev–Trinajstić information content (AvgIpc) is 2.82.